The van der Waals surface area contributed by atoms with E-state index in [4.69, 9.17) is 4.74 Å². The quantitative estimate of drug-likeness (QED) is 0.333. The number of benzene rings is 2. The Balaban J connectivity index is 1.48. The molecule has 2 bridgehead atoms. The van der Waals surface area contributed by atoms with Crippen LogP contribution in [0.15, 0.2) is 79.9 Å². The molecule has 5 atom stereocenters. The highest BCUT2D eigenvalue weighted by molar-refractivity contribution is 6.05. The molecule has 0 aliphatic carbocycles. The van der Waals surface area contributed by atoms with Crippen molar-refractivity contribution >= 4 is 29.1 Å². The predicted octanol–water partition coefficient (Wildman–Crippen LogP) is 3.63. The number of β-amino-alcohol motifs (C(OH)–C–C–N with tert-alkyl or cyclic N) is 1. The highest BCUT2D eigenvalue weighted by Gasteiger charge is 2.74. The number of amides is 3. The zero-order chi connectivity index (χ0) is 31.4. The standard InChI is InChI=1S/C35H44N4O5/c1-5-20-37(24-25-12-10-9-11-13-25)32(41)29-28-18-19-35(44-28)30(29)33(42)39(22-23-40)31(35)34(43)38(21-6-2)27-16-14-26(15-17-27)36(7-3)8-4/h5-6,9-17,28-31,40H,1-2,7-8,18-24H2,3-4H3/t28-,29+,30+,31?,35?/m1/s1. The van der Waals surface area contributed by atoms with Crippen LogP contribution >= 0.6 is 0 Å². The minimum absolute atomic E-state index is 0.0222. The SMILES string of the molecule is C=CCN(Cc1ccccc1)C(=O)[C@@H]1[C@H]2C(=O)N(CCO)C(C(=O)N(CC=C)c3ccc(N(CC)CC)cc3)C23CC[C@H]1O3. The number of hydrogen-bond acceptors (Lipinski definition) is 6. The lowest BCUT2D eigenvalue weighted by molar-refractivity contribution is -0.145. The van der Waals surface area contributed by atoms with Gasteiger partial charge in [-0.1, -0.05) is 42.5 Å². The van der Waals surface area contributed by atoms with Crippen molar-refractivity contribution in [1.82, 2.24) is 9.80 Å². The van der Waals surface area contributed by atoms with Crippen molar-refractivity contribution in [2.45, 2.75) is 51.0 Å². The third-order valence-electron chi connectivity index (χ3n) is 9.41. The number of ether oxygens (including phenoxy) is 1. The molecule has 44 heavy (non-hydrogen) atoms. The van der Waals surface area contributed by atoms with Crippen molar-refractivity contribution < 1.29 is 24.2 Å². The first kappa shape index (κ1) is 31.5. The fourth-order valence-electron chi connectivity index (χ4n) is 7.50. The van der Waals surface area contributed by atoms with Crippen LogP contribution in [0.3, 0.4) is 0 Å². The summed E-state index contributed by atoms with van der Waals surface area (Å²) in [6.45, 7) is 14.3. The summed E-state index contributed by atoms with van der Waals surface area (Å²) < 4.78 is 6.62. The normalized spacial score (nSPS) is 25.1. The molecular formula is C35H44N4O5. The van der Waals surface area contributed by atoms with Crippen molar-refractivity contribution in [3.8, 4) is 0 Å². The maximum atomic E-state index is 14.6. The second kappa shape index (κ2) is 13.4. The van der Waals surface area contributed by atoms with Crippen molar-refractivity contribution in [2.24, 2.45) is 11.8 Å². The monoisotopic (exact) mass is 600 g/mol. The number of likely N-dealkylation sites (tertiary alicyclic amines) is 1. The molecule has 3 heterocycles. The van der Waals surface area contributed by atoms with E-state index in [0.29, 0.717) is 31.6 Å². The highest BCUT2D eigenvalue weighted by atomic mass is 16.5. The first-order valence-electron chi connectivity index (χ1n) is 15.6. The summed E-state index contributed by atoms with van der Waals surface area (Å²) in [4.78, 5) is 50.0. The number of hydrogen-bond donors (Lipinski definition) is 1. The summed E-state index contributed by atoms with van der Waals surface area (Å²) in [5, 5.41) is 9.99. The molecule has 234 valence electrons. The van der Waals surface area contributed by atoms with Crippen molar-refractivity contribution in [3.05, 3.63) is 85.5 Å². The van der Waals surface area contributed by atoms with Crippen LogP contribution in [0.2, 0.25) is 0 Å². The fourth-order valence-corrected chi connectivity index (χ4v) is 7.50. The first-order chi connectivity index (χ1) is 21.3. The van der Waals surface area contributed by atoms with Crippen LogP contribution in [0.25, 0.3) is 0 Å². The van der Waals surface area contributed by atoms with E-state index in [1.54, 1.807) is 22.0 Å². The van der Waals surface area contributed by atoms with Crippen molar-refractivity contribution in [3.63, 3.8) is 0 Å². The molecule has 0 aromatic heterocycles. The molecule has 3 saturated heterocycles. The Bertz CT molecular complexity index is 1360. The summed E-state index contributed by atoms with van der Waals surface area (Å²) in [6.07, 6.45) is 3.94. The van der Waals surface area contributed by atoms with E-state index in [1.807, 2.05) is 54.6 Å². The van der Waals surface area contributed by atoms with Crippen LogP contribution in [0.4, 0.5) is 11.4 Å². The first-order valence-corrected chi connectivity index (χ1v) is 15.6. The molecule has 3 aliphatic rings. The van der Waals surface area contributed by atoms with Gasteiger partial charge >= 0.3 is 0 Å². The Morgan fingerprint density at radius 3 is 2.27 bits per heavy atom. The molecule has 1 N–H and O–H groups in total. The van der Waals surface area contributed by atoms with Crippen LogP contribution in [-0.2, 0) is 25.7 Å². The molecule has 3 fully saturated rings. The van der Waals surface area contributed by atoms with Gasteiger partial charge in [-0.25, -0.2) is 0 Å². The number of anilines is 2. The summed E-state index contributed by atoms with van der Waals surface area (Å²) in [5.74, 6) is -2.32. The van der Waals surface area contributed by atoms with Crippen LogP contribution in [0.1, 0.15) is 32.3 Å². The molecule has 5 rings (SSSR count). The number of rotatable bonds is 14. The van der Waals surface area contributed by atoms with Gasteiger partial charge in [-0.05, 0) is 56.5 Å². The van der Waals surface area contributed by atoms with Gasteiger partial charge in [-0.2, -0.15) is 0 Å². The second-order valence-electron chi connectivity index (χ2n) is 11.7. The zero-order valence-corrected chi connectivity index (χ0v) is 25.8. The van der Waals surface area contributed by atoms with E-state index < -0.39 is 29.6 Å². The van der Waals surface area contributed by atoms with Crippen molar-refractivity contribution in [1.29, 1.82) is 0 Å². The summed E-state index contributed by atoms with van der Waals surface area (Å²) in [5.41, 5.74) is 1.56. The Hall–Kier alpha value is -3.95. The van der Waals surface area contributed by atoms with Crippen LogP contribution in [-0.4, -0.2) is 89.7 Å². The summed E-state index contributed by atoms with van der Waals surface area (Å²) >= 11 is 0. The van der Waals surface area contributed by atoms with Gasteiger partial charge in [-0.3, -0.25) is 14.4 Å². The van der Waals surface area contributed by atoms with E-state index in [2.05, 4.69) is 31.9 Å². The van der Waals surface area contributed by atoms with E-state index in [1.165, 1.54) is 4.90 Å². The van der Waals surface area contributed by atoms with Gasteiger partial charge in [-0.15, -0.1) is 13.2 Å². The van der Waals surface area contributed by atoms with Crippen molar-refractivity contribution in [2.75, 3.05) is 49.1 Å². The van der Waals surface area contributed by atoms with Crippen LogP contribution < -0.4 is 9.80 Å². The van der Waals surface area contributed by atoms with E-state index >= 15 is 0 Å². The molecule has 9 nitrogen and oxygen atoms in total. The molecule has 2 aromatic rings. The molecule has 3 aliphatic heterocycles. The van der Waals surface area contributed by atoms with E-state index in [0.717, 1.165) is 24.3 Å². The van der Waals surface area contributed by atoms with Gasteiger partial charge in [0.05, 0.1) is 24.5 Å². The lowest BCUT2D eigenvalue weighted by atomic mass is 9.70. The van der Waals surface area contributed by atoms with Gasteiger partial charge < -0.3 is 29.4 Å². The number of aliphatic hydroxyl groups is 1. The van der Waals surface area contributed by atoms with Gasteiger partial charge in [0.15, 0.2) is 0 Å². The highest BCUT2D eigenvalue weighted by Crippen LogP contribution is 2.59. The van der Waals surface area contributed by atoms with Crippen LogP contribution in [0, 0.1) is 11.8 Å². The molecule has 9 heteroatoms. The average molecular weight is 601 g/mol. The Morgan fingerprint density at radius 1 is 1.00 bits per heavy atom. The predicted molar refractivity (Wildman–Crippen MR) is 171 cm³/mol. The van der Waals surface area contributed by atoms with Gasteiger partial charge in [0.1, 0.15) is 11.6 Å². The maximum Gasteiger partial charge on any atom is 0.253 e. The molecular weight excluding hydrogens is 556 g/mol. The fraction of sp³-hybridized carbons (Fsp3) is 0.457. The number of aliphatic hydroxyl groups excluding tert-OH is 1. The molecule has 3 amide bonds. The lowest BCUT2D eigenvalue weighted by Crippen LogP contribution is -2.57. The number of carbonyl (C=O) groups is 3. The Morgan fingerprint density at radius 2 is 1.66 bits per heavy atom. The Kier molecular flexibility index (Phi) is 9.56. The summed E-state index contributed by atoms with van der Waals surface area (Å²) in [7, 11) is 0. The third kappa shape index (κ3) is 5.43. The van der Waals surface area contributed by atoms with E-state index in [9.17, 15) is 19.5 Å². The molecule has 2 aromatic carbocycles. The average Bonchev–Trinajstić information content (AvgIpc) is 3.68. The zero-order valence-electron chi connectivity index (χ0n) is 25.8. The molecule has 0 saturated carbocycles. The summed E-state index contributed by atoms with van der Waals surface area (Å²) in [6, 6.07) is 16.5. The smallest absolute Gasteiger partial charge is 0.253 e. The number of fused-ring (bicyclic) bond motifs is 1. The van der Waals surface area contributed by atoms with E-state index in [-0.39, 0.29) is 37.4 Å². The molecule has 0 radical (unpaired) electrons. The largest absolute Gasteiger partial charge is 0.395 e. The van der Waals surface area contributed by atoms with Crippen LogP contribution in [0.5, 0.6) is 0 Å². The maximum absolute atomic E-state index is 14.6. The second-order valence-corrected chi connectivity index (χ2v) is 11.7. The minimum Gasteiger partial charge on any atom is -0.395 e. The molecule has 2 unspecified atom stereocenters. The molecule has 1 spiro atoms. The van der Waals surface area contributed by atoms with Gasteiger partial charge in [0.25, 0.3) is 5.91 Å². The third-order valence-corrected chi connectivity index (χ3v) is 9.41. The van der Waals surface area contributed by atoms with Gasteiger partial charge in [0.2, 0.25) is 11.8 Å². The minimum atomic E-state index is -1.15. The number of nitrogens with zero attached hydrogens (tertiary/aromatic N) is 4. The van der Waals surface area contributed by atoms with Gasteiger partial charge in [0, 0.05) is 50.6 Å². The topological polar surface area (TPSA) is 93.6 Å². The number of carbonyl (C=O) groups excluding carboxylic acids is 3. The Labute approximate surface area is 260 Å². The lowest BCUT2D eigenvalue weighted by Gasteiger charge is -2.37.